The Balaban J connectivity index is 1.33. The van der Waals surface area contributed by atoms with Gasteiger partial charge in [-0.3, -0.25) is 24.5 Å². The summed E-state index contributed by atoms with van der Waals surface area (Å²) >= 11 is 0. The normalized spacial score (nSPS) is 28.6. The molecule has 0 aromatic heterocycles. The van der Waals surface area contributed by atoms with Gasteiger partial charge in [-0.2, -0.15) is 0 Å². The number of rotatable bonds is 9. The summed E-state index contributed by atoms with van der Waals surface area (Å²) in [4.78, 5) is 55.7. The van der Waals surface area contributed by atoms with E-state index in [-0.39, 0.29) is 54.6 Å². The van der Waals surface area contributed by atoms with Crippen LogP contribution in [0.4, 0.5) is 21.2 Å². The lowest BCUT2D eigenvalue weighted by molar-refractivity contribution is -0.385. The van der Waals surface area contributed by atoms with Crippen molar-refractivity contribution in [2.45, 2.75) is 82.0 Å². The molecule has 4 aliphatic heterocycles. The lowest BCUT2D eigenvalue weighted by Crippen LogP contribution is -2.45. The zero-order valence-electron chi connectivity index (χ0n) is 27.6. The molecule has 6 atom stereocenters. The number of carbonyl (C=O) groups is 3. The van der Waals surface area contributed by atoms with Crippen LogP contribution in [0.1, 0.15) is 50.2 Å². The number of nitro groups is 1. The van der Waals surface area contributed by atoms with Gasteiger partial charge in [0, 0.05) is 47.9 Å². The van der Waals surface area contributed by atoms with Crippen LogP contribution < -0.4 is 15.5 Å². The number of aliphatic hydroxyl groups excluding tert-OH is 1. The fourth-order valence-corrected chi connectivity index (χ4v) is 10.9. The van der Waals surface area contributed by atoms with Gasteiger partial charge >= 0.3 is 0 Å². The maximum absolute atomic E-state index is 16.3. The van der Waals surface area contributed by atoms with Gasteiger partial charge in [0.05, 0.1) is 48.2 Å². The SMILES string of the molecule is C[C@H]1[C@H]([Si](C)(C)F)[C@@H](CC(=O)N2CCC[C@H]2CO)O[C@]12C(=O)N(Cc1cccc(NC(=O)C3CCCNC3)c1)c1ccc([N+](=O)[O-])cc12. The second-order valence-electron chi connectivity index (χ2n) is 14.1. The Hall–Kier alpha value is -3.72. The van der Waals surface area contributed by atoms with E-state index < -0.39 is 42.4 Å². The van der Waals surface area contributed by atoms with Crippen LogP contribution in [-0.2, 0) is 31.3 Å². The fraction of sp³-hybridized carbons (Fsp3) is 0.559. The van der Waals surface area contributed by atoms with E-state index in [9.17, 15) is 29.6 Å². The Morgan fingerprint density at radius 1 is 1.21 bits per heavy atom. The van der Waals surface area contributed by atoms with E-state index >= 15 is 4.11 Å². The molecule has 3 amide bonds. The molecule has 0 saturated carbocycles. The Bertz CT molecular complexity index is 1600. The first kappa shape index (κ1) is 34.2. The lowest BCUT2D eigenvalue weighted by Gasteiger charge is -2.31. The number of non-ortho nitro benzene ring substituents is 1. The van der Waals surface area contributed by atoms with Crippen LogP contribution in [-0.4, -0.2) is 79.4 Å². The number of piperidine rings is 1. The Labute approximate surface area is 280 Å². The van der Waals surface area contributed by atoms with Crippen molar-refractivity contribution in [3.8, 4) is 0 Å². The van der Waals surface area contributed by atoms with Gasteiger partial charge in [-0.05, 0) is 69.1 Å². The first-order valence-corrected chi connectivity index (χ1v) is 19.8. The van der Waals surface area contributed by atoms with Crippen LogP contribution in [0.5, 0.6) is 0 Å². The minimum Gasteiger partial charge on any atom is -0.394 e. The van der Waals surface area contributed by atoms with Gasteiger partial charge in [-0.15, -0.1) is 0 Å². The molecule has 0 aliphatic carbocycles. The van der Waals surface area contributed by atoms with Gasteiger partial charge in [-0.25, -0.2) is 0 Å². The molecule has 258 valence electrons. The number of carbonyl (C=O) groups excluding carboxylic acids is 3. The molecule has 14 heteroatoms. The topological polar surface area (TPSA) is 154 Å². The summed E-state index contributed by atoms with van der Waals surface area (Å²) in [6, 6.07) is 11.1. The van der Waals surface area contributed by atoms with E-state index in [0.29, 0.717) is 36.4 Å². The molecule has 12 nitrogen and oxygen atoms in total. The maximum atomic E-state index is 16.3. The molecule has 3 saturated heterocycles. The van der Waals surface area contributed by atoms with Crippen molar-refractivity contribution in [2.24, 2.45) is 11.8 Å². The second kappa shape index (κ2) is 13.3. The highest BCUT2D eigenvalue weighted by atomic mass is 28.4. The highest BCUT2D eigenvalue weighted by molar-refractivity contribution is 6.72. The van der Waals surface area contributed by atoms with Crippen molar-refractivity contribution < 1.29 is 33.3 Å². The molecule has 0 bridgehead atoms. The summed E-state index contributed by atoms with van der Waals surface area (Å²) in [6.07, 6.45) is 2.05. The van der Waals surface area contributed by atoms with Crippen LogP contribution in [0.3, 0.4) is 0 Å². The minimum atomic E-state index is -3.59. The van der Waals surface area contributed by atoms with Crippen LogP contribution >= 0.6 is 0 Å². The molecule has 6 rings (SSSR count). The summed E-state index contributed by atoms with van der Waals surface area (Å²) in [5.74, 6) is -1.69. The number of aliphatic hydroxyl groups is 1. The maximum Gasteiger partial charge on any atom is 0.269 e. The number of likely N-dealkylation sites (tertiary alicyclic amines) is 1. The van der Waals surface area contributed by atoms with Gasteiger partial charge in [0.1, 0.15) is 0 Å². The summed E-state index contributed by atoms with van der Waals surface area (Å²) in [6.45, 7) is 6.72. The summed E-state index contributed by atoms with van der Waals surface area (Å²) in [7, 11) is -3.59. The average Bonchev–Trinajstić information content (AvgIpc) is 3.72. The van der Waals surface area contributed by atoms with Crippen molar-refractivity contribution in [1.29, 1.82) is 0 Å². The monoisotopic (exact) mass is 681 g/mol. The first-order chi connectivity index (χ1) is 22.8. The predicted molar refractivity (Wildman–Crippen MR) is 179 cm³/mol. The van der Waals surface area contributed by atoms with E-state index in [0.717, 1.165) is 25.8 Å². The quantitative estimate of drug-likeness (QED) is 0.154. The summed E-state index contributed by atoms with van der Waals surface area (Å²) in [5.41, 5.74) is -0.723. The first-order valence-electron chi connectivity index (χ1n) is 16.8. The Morgan fingerprint density at radius 3 is 2.69 bits per heavy atom. The molecule has 48 heavy (non-hydrogen) atoms. The number of nitrogens with zero attached hydrogens (tertiary/aromatic N) is 3. The molecule has 1 spiro atoms. The zero-order chi connectivity index (χ0) is 34.4. The third-order valence-corrected chi connectivity index (χ3v) is 13.1. The average molecular weight is 682 g/mol. The van der Waals surface area contributed by atoms with E-state index in [1.54, 1.807) is 30.0 Å². The number of fused-ring (bicyclic) bond motifs is 2. The number of hydrogen-bond donors (Lipinski definition) is 3. The number of hydrogen-bond acceptors (Lipinski definition) is 8. The number of halogens is 1. The van der Waals surface area contributed by atoms with E-state index in [2.05, 4.69) is 10.6 Å². The van der Waals surface area contributed by atoms with Crippen molar-refractivity contribution in [3.63, 3.8) is 0 Å². The smallest absolute Gasteiger partial charge is 0.269 e. The van der Waals surface area contributed by atoms with E-state index in [1.807, 2.05) is 6.07 Å². The standard InChI is InChI=1S/C34H44FN5O7Si/c1-21-31(48(2,3)35)29(17-30(42)38-14-6-10-26(38)20-41)47-34(21)27-16-25(40(45)46)11-12-28(27)39(33(34)44)19-22-7-4-9-24(15-22)37-32(43)23-8-5-13-36-18-23/h4,7,9,11-12,15-16,21,23,26,29,31,36,41H,5-6,8,10,13-14,17-20H2,1-3H3,(H,37,43)/t21-,23?,26-,29+,31-,34+/m0/s1. The zero-order valence-corrected chi connectivity index (χ0v) is 28.6. The Kier molecular flexibility index (Phi) is 9.46. The third kappa shape index (κ3) is 6.14. The van der Waals surface area contributed by atoms with Crippen molar-refractivity contribution in [3.05, 3.63) is 63.7 Å². The highest BCUT2D eigenvalue weighted by Gasteiger charge is 2.67. The molecule has 3 fully saturated rings. The molecular weight excluding hydrogens is 637 g/mol. The number of anilines is 2. The van der Waals surface area contributed by atoms with E-state index in [1.165, 1.54) is 36.2 Å². The van der Waals surface area contributed by atoms with Crippen LogP contribution in [0.2, 0.25) is 18.6 Å². The summed E-state index contributed by atoms with van der Waals surface area (Å²) in [5, 5.41) is 28.0. The lowest BCUT2D eigenvalue weighted by atomic mass is 9.82. The van der Waals surface area contributed by atoms with Gasteiger partial charge in [0.15, 0.2) is 5.60 Å². The number of benzene rings is 2. The second-order valence-corrected chi connectivity index (χ2v) is 17.9. The van der Waals surface area contributed by atoms with Gasteiger partial charge < -0.3 is 34.4 Å². The molecule has 4 aliphatic rings. The minimum absolute atomic E-state index is 0.0762. The number of ether oxygens (including phenoxy) is 1. The molecule has 0 radical (unpaired) electrons. The predicted octanol–water partition coefficient (Wildman–Crippen LogP) is 4.23. The largest absolute Gasteiger partial charge is 0.394 e. The highest BCUT2D eigenvalue weighted by Crippen LogP contribution is 2.60. The third-order valence-electron chi connectivity index (χ3n) is 10.6. The molecule has 3 N–H and O–H groups in total. The van der Waals surface area contributed by atoms with Crippen molar-refractivity contribution >= 4 is 43.2 Å². The van der Waals surface area contributed by atoms with Crippen molar-refractivity contribution in [2.75, 3.05) is 36.5 Å². The molecule has 1 unspecified atom stereocenters. The van der Waals surface area contributed by atoms with Crippen LogP contribution in [0.15, 0.2) is 42.5 Å². The van der Waals surface area contributed by atoms with Crippen molar-refractivity contribution in [1.82, 2.24) is 10.2 Å². The summed E-state index contributed by atoms with van der Waals surface area (Å²) < 4.78 is 22.9. The van der Waals surface area contributed by atoms with Gasteiger partial charge in [-0.1, -0.05) is 19.1 Å². The molecular formula is C34H44FN5O7Si. The number of nitro benzene ring substituents is 1. The molecule has 4 heterocycles. The van der Waals surface area contributed by atoms with E-state index in [4.69, 9.17) is 4.74 Å². The molecule has 2 aromatic carbocycles. The van der Waals surface area contributed by atoms with Gasteiger partial charge in [0.25, 0.3) is 11.6 Å². The van der Waals surface area contributed by atoms with Crippen LogP contribution in [0, 0.1) is 22.0 Å². The van der Waals surface area contributed by atoms with Gasteiger partial charge in [0.2, 0.25) is 20.2 Å². The molecule has 2 aromatic rings. The Morgan fingerprint density at radius 2 is 2.00 bits per heavy atom. The number of nitrogens with one attached hydrogen (secondary N) is 2. The fourth-order valence-electron chi connectivity index (χ4n) is 8.40. The van der Waals surface area contributed by atoms with Crippen LogP contribution in [0.25, 0.3) is 0 Å². The number of amides is 3.